The average molecular weight is 305 g/mol. The van der Waals surface area contributed by atoms with E-state index in [4.69, 9.17) is 22.7 Å². The maximum Gasteiger partial charge on any atom is 0.146 e. The fraction of sp³-hybridized carbons (Fsp3) is 0.200. The van der Waals surface area contributed by atoms with Crippen molar-refractivity contribution in [1.29, 1.82) is 0 Å². The molecule has 2 rings (SSSR count). The summed E-state index contributed by atoms with van der Waals surface area (Å²) in [6.45, 7) is 3.66. The minimum absolute atomic E-state index is 0.214. The van der Waals surface area contributed by atoms with Crippen LogP contribution in [0.3, 0.4) is 0 Å². The molecule has 110 valence electrons. The smallest absolute Gasteiger partial charge is 0.146 e. The molecule has 0 fully saturated rings. The molecule has 0 amide bonds. The Balaban J connectivity index is 2.51. The fourth-order valence-electron chi connectivity index (χ4n) is 2.11. The highest BCUT2D eigenvalue weighted by atomic mass is 32.1. The molecule has 0 radical (unpaired) electrons. The van der Waals surface area contributed by atoms with Crippen molar-refractivity contribution >= 4 is 28.6 Å². The van der Waals surface area contributed by atoms with E-state index in [-0.39, 0.29) is 10.7 Å². The number of aromatic nitrogens is 1. The Morgan fingerprint density at radius 2 is 2.00 bits per heavy atom. The van der Waals surface area contributed by atoms with Crippen molar-refractivity contribution in [3.05, 3.63) is 47.0 Å². The maximum atomic E-state index is 13.9. The maximum absolute atomic E-state index is 13.9. The first-order valence-electron chi connectivity index (χ1n) is 6.31. The predicted molar refractivity (Wildman–Crippen MR) is 85.8 cm³/mol. The van der Waals surface area contributed by atoms with Gasteiger partial charge < -0.3 is 15.8 Å². The Kier molecular flexibility index (Phi) is 4.37. The summed E-state index contributed by atoms with van der Waals surface area (Å²) in [5.74, 6) is 0.162. The van der Waals surface area contributed by atoms with Crippen molar-refractivity contribution in [3.8, 4) is 5.75 Å². The lowest BCUT2D eigenvalue weighted by Crippen LogP contribution is -2.15. The first-order chi connectivity index (χ1) is 9.92. The number of thiocarbonyl (C=S) groups is 1. The molecule has 0 aliphatic heterocycles. The Bertz CT molecular complexity index is 704. The summed E-state index contributed by atoms with van der Waals surface area (Å²) in [5.41, 5.74) is 8.76. The molecule has 0 aliphatic carbocycles. The third-order valence-corrected chi connectivity index (χ3v) is 3.22. The monoisotopic (exact) mass is 305 g/mol. The molecule has 0 aliphatic rings. The van der Waals surface area contributed by atoms with Crippen LogP contribution in [0, 0.1) is 19.7 Å². The molecule has 1 heterocycles. The second-order valence-corrected chi connectivity index (χ2v) is 5.05. The number of anilines is 2. The van der Waals surface area contributed by atoms with Gasteiger partial charge in [-0.25, -0.2) is 4.39 Å². The van der Waals surface area contributed by atoms with Gasteiger partial charge in [0.1, 0.15) is 16.6 Å². The van der Waals surface area contributed by atoms with E-state index in [9.17, 15) is 4.39 Å². The molecular formula is C15H16FN3OS. The Morgan fingerprint density at radius 3 is 2.62 bits per heavy atom. The van der Waals surface area contributed by atoms with Crippen molar-refractivity contribution in [1.82, 2.24) is 4.98 Å². The Morgan fingerprint density at radius 1 is 1.29 bits per heavy atom. The van der Waals surface area contributed by atoms with E-state index >= 15 is 0 Å². The number of hydrogen-bond donors (Lipinski definition) is 2. The van der Waals surface area contributed by atoms with Crippen LogP contribution in [-0.4, -0.2) is 17.1 Å². The summed E-state index contributed by atoms with van der Waals surface area (Å²) in [5, 5.41) is 3.02. The van der Waals surface area contributed by atoms with Gasteiger partial charge in [-0.3, -0.25) is 4.98 Å². The van der Waals surface area contributed by atoms with E-state index in [0.717, 1.165) is 5.69 Å². The number of pyridine rings is 1. The van der Waals surface area contributed by atoms with Gasteiger partial charge >= 0.3 is 0 Å². The number of hydrogen-bond acceptors (Lipinski definition) is 4. The van der Waals surface area contributed by atoms with Gasteiger partial charge in [0.15, 0.2) is 0 Å². The Labute approximate surface area is 128 Å². The van der Waals surface area contributed by atoms with E-state index in [1.807, 2.05) is 13.8 Å². The quantitative estimate of drug-likeness (QED) is 0.849. The molecule has 0 saturated heterocycles. The van der Waals surface area contributed by atoms with E-state index in [0.29, 0.717) is 22.7 Å². The van der Waals surface area contributed by atoms with Crippen LogP contribution in [0.5, 0.6) is 5.75 Å². The topological polar surface area (TPSA) is 60.2 Å². The van der Waals surface area contributed by atoms with Gasteiger partial charge in [-0.15, -0.1) is 0 Å². The number of rotatable bonds is 4. The third kappa shape index (κ3) is 3.28. The molecule has 0 spiro atoms. The van der Waals surface area contributed by atoms with Crippen molar-refractivity contribution in [2.45, 2.75) is 13.8 Å². The molecule has 3 N–H and O–H groups in total. The van der Waals surface area contributed by atoms with Gasteiger partial charge in [-0.1, -0.05) is 12.2 Å². The zero-order valence-electron chi connectivity index (χ0n) is 12.0. The number of nitrogens with two attached hydrogens (primary N) is 1. The van der Waals surface area contributed by atoms with E-state index < -0.39 is 5.82 Å². The second kappa shape index (κ2) is 6.05. The molecule has 0 bridgehead atoms. The lowest BCUT2D eigenvalue weighted by atomic mass is 10.1. The van der Waals surface area contributed by atoms with Crippen LogP contribution in [0.25, 0.3) is 0 Å². The van der Waals surface area contributed by atoms with Gasteiger partial charge in [0.25, 0.3) is 0 Å². The summed E-state index contributed by atoms with van der Waals surface area (Å²) < 4.78 is 19.0. The van der Waals surface area contributed by atoms with E-state index in [1.165, 1.54) is 13.2 Å². The zero-order chi connectivity index (χ0) is 15.6. The van der Waals surface area contributed by atoms with E-state index in [1.54, 1.807) is 18.2 Å². The summed E-state index contributed by atoms with van der Waals surface area (Å²) in [6, 6.07) is 6.24. The van der Waals surface area contributed by atoms with Crippen LogP contribution in [-0.2, 0) is 0 Å². The second-order valence-electron chi connectivity index (χ2n) is 4.61. The zero-order valence-corrected chi connectivity index (χ0v) is 12.8. The number of aryl methyl sites for hydroxylation is 2. The van der Waals surface area contributed by atoms with Crippen molar-refractivity contribution in [2.75, 3.05) is 12.4 Å². The lowest BCUT2D eigenvalue weighted by Gasteiger charge is -2.15. The lowest BCUT2D eigenvalue weighted by molar-refractivity contribution is 0.414. The van der Waals surface area contributed by atoms with Crippen molar-refractivity contribution in [3.63, 3.8) is 0 Å². The minimum Gasteiger partial charge on any atom is -0.497 e. The van der Waals surface area contributed by atoms with Crippen LogP contribution < -0.4 is 15.8 Å². The molecule has 0 saturated carbocycles. The molecule has 6 heteroatoms. The number of nitrogens with zero attached hydrogens (tertiary/aromatic N) is 1. The highest BCUT2D eigenvalue weighted by Gasteiger charge is 2.13. The molecule has 1 aromatic carbocycles. The highest BCUT2D eigenvalue weighted by molar-refractivity contribution is 7.80. The predicted octanol–water partition coefficient (Wildman–Crippen LogP) is 3.22. The minimum atomic E-state index is -0.392. The largest absolute Gasteiger partial charge is 0.497 e. The first kappa shape index (κ1) is 15.2. The molecule has 0 atom stereocenters. The molecular weight excluding hydrogens is 289 g/mol. The molecule has 2 aromatic rings. The van der Waals surface area contributed by atoms with Gasteiger partial charge in [0.2, 0.25) is 0 Å². The Hall–Kier alpha value is -2.21. The van der Waals surface area contributed by atoms with Gasteiger partial charge in [0.05, 0.1) is 24.0 Å². The SMILES string of the molecule is COc1ccc(F)c(Nc2cc(C)nc(C)c2C(N)=S)c1. The molecule has 0 unspecified atom stereocenters. The molecule has 1 aromatic heterocycles. The average Bonchev–Trinajstić information content (AvgIpc) is 2.40. The summed E-state index contributed by atoms with van der Waals surface area (Å²) >= 11 is 5.06. The fourth-order valence-corrected chi connectivity index (χ4v) is 2.37. The molecule has 21 heavy (non-hydrogen) atoms. The number of methoxy groups -OCH3 is 1. The van der Waals surface area contributed by atoms with Crippen LogP contribution in [0.4, 0.5) is 15.8 Å². The normalized spacial score (nSPS) is 10.3. The summed E-state index contributed by atoms with van der Waals surface area (Å²) in [4.78, 5) is 4.54. The van der Waals surface area contributed by atoms with Crippen LogP contribution in [0.15, 0.2) is 24.3 Å². The van der Waals surface area contributed by atoms with Gasteiger partial charge in [-0.2, -0.15) is 0 Å². The standard InChI is InChI=1S/C15H16FN3OS/c1-8-6-13(14(15(17)21)9(2)18-8)19-12-7-10(20-3)4-5-11(12)16/h4-7H,1-3H3,(H2,17,21)(H,18,19). The van der Waals surface area contributed by atoms with Crippen LogP contribution in [0.2, 0.25) is 0 Å². The van der Waals surface area contributed by atoms with Gasteiger partial charge in [-0.05, 0) is 32.0 Å². The summed E-state index contributed by atoms with van der Waals surface area (Å²) in [6.07, 6.45) is 0. The van der Waals surface area contributed by atoms with Crippen molar-refractivity contribution in [2.24, 2.45) is 5.73 Å². The third-order valence-electron chi connectivity index (χ3n) is 3.02. The van der Waals surface area contributed by atoms with Crippen molar-refractivity contribution < 1.29 is 9.13 Å². The highest BCUT2D eigenvalue weighted by Crippen LogP contribution is 2.28. The van der Waals surface area contributed by atoms with Crippen LogP contribution >= 0.6 is 12.2 Å². The van der Waals surface area contributed by atoms with Crippen LogP contribution in [0.1, 0.15) is 17.0 Å². The van der Waals surface area contributed by atoms with Gasteiger partial charge in [0, 0.05) is 17.5 Å². The number of nitrogens with one attached hydrogen (secondary N) is 1. The summed E-state index contributed by atoms with van der Waals surface area (Å²) in [7, 11) is 1.53. The number of halogens is 1. The number of ether oxygens (including phenoxy) is 1. The molecule has 4 nitrogen and oxygen atoms in total. The first-order valence-corrected chi connectivity index (χ1v) is 6.71. The van der Waals surface area contributed by atoms with E-state index in [2.05, 4.69) is 10.3 Å². The number of benzene rings is 1.